The third-order valence-electron chi connectivity index (χ3n) is 3.25. The van der Waals surface area contributed by atoms with Crippen molar-refractivity contribution >= 4 is 29.9 Å². The van der Waals surface area contributed by atoms with Crippen molar-refractivity contribution in [1.29, 1.82) is 0 Å². The van der Waals surface area contributed by atoms with Crippen LogP contribution in [0.15, 0.2) is 4.99 Å². The van der Waals surface area contributed by atoms with E-state index in [-0.39, 0.29) is 24.0 Å². The lowest BCUT2D eigenvalue weighted by Crippen LogP contribution is -2.44. The maximum absolute atomic E-state index is 4.14. The van der Waals surface area contributed by atoms with Crippen LogP contribution in [0, 0.1) is 11.8 Å². The first kappa shape index (κ1) is 18.0. The smallest absolute Gasteiger partial charge is 0.190 e. The summed E-state index contributed by atoms with van der Waals surface area (Å²) in [6.45, 7) is 9.36. The summed E-state index contributed by atoms with van der Waals surface area (Å²) in [7, 11) is 3.71. The van der Waals surface area contributed by atoms with E-state index in [1.807, 2.05) is 14.1 Å². The summed E-state index contributed by atoms with van der Waals surface area (Å²) in [6, 6.07) is 0. The van der Waals surface area contributed by atoms with Gasteiger partial charge in [-0.05, 0) is 31.2 Å². The highest BCUT2D eigenvalue weighted by Gasteiger charge is 2.20. The van der Waals surface area contributed by atoms with E-state index < -0.39 is 0 Å². The van der Waals surface area contributed by atoms with Gasteiger partial charge in [0.2, 0.25) is 0 Å². The Kier molecular flexibility index (Phi) is 9.81. The fraction of sp³-hybridized carbons (Fsp3) is 0.923. The second-order valence-electron chi connectivity index (χ2n) is 5.36. The molecule has 0 saturated carbocycles. The number of nitrogens with zero attached hydrogens (tertiary/aromatic N) is 2. The van der Waals surface area contributed by atoms with E-state index in [1.54, 1.807) is 0 Å². The van der Waals surface area contributed by atoms with Crippen LogP contribution in [0.3, 0.4) is 0 Å². The molecule has 1 rings (SSSR count). The van der Waals surface area contributed by atoms with Crippen molar-refractivity contribution < 1.29 is 0 Å². The molecule has 4 nitrogen and oxygen atoms in total. The number of nitrogens with one attached hydrogen (secondary N) is 2. The maximum atomic E-state index is 4.14. The van der Waals surface area contributed by atoms with Crippen molar-refractivity contribution in [3.8, 4) is 0 Å². The Bertz CT molecular complexity index is 243. The third-order valence-corrected chi connectivity index (χ3v) is 3.25. The van der Waals surface area contributed by atoms with E-state index >= 15 is 0 Å². The largest absolute Gasteiger partial charge is 0.359 e. The lowest BCUT2D eigenvalue weighted by molar-refractivity contribution is 0.159. The zero-order valence-corrected chi connectivity index (χ0v) is 14.5. The zero-order chi connectivity index (χ0) is 12.7. The van der Waals surface area contributed by atoms with Gasteiger partial charge in [0, 0.05) is 33.7 Å². The number of rotatable bonds is 4. The molecule has 108 valence electrons. The molecule has 1 aliphatic rings. The Morgan fingerprint density at radius 3 is 2.72 bits per heavy atom. The Morgan fingerprint density at radius 1 is 1.44 bits per heavy atom. The van der Waals surface area contributed by atoms with Gasteiger partial charge in [0.05, 0.1) is 0 Å². The molecule has 1 unspecified atom stereocenters. The summed E-state index contributed by atoms with van der Waals surface area (Å²) < 4.78 is 0. The van der Waals surface area contributed by atoms with E-state index in [4.69, 9.17) is 0 Å². The molecule has 0 aromatic carbocycles. The molecular weight excluding hydrogens is 339 g/mol. The first-order valence-corrected chi connectivity index (χ1v) is 6.76. The summed E-state index contributed by atoms with van der Waals surface area (Å²) in [6.07, 6.45) is 2.67. The highest BCUT2D eigenvalue weighted by Crippen LogP contribution is 2.16. The van der Waals surface area contributed by atoms with Gasteiger partial charge in [0.15, 0.2) is 5.96 Å². The lowest BCUT2D eigenvalue weighted by Gasteiger charge is -2.34. The molecule has 2 N–H and O–H groups in total. The normalized spacial score (nSPS) is 21.6. The van der Waals surface area contributed by atoms with Crippen molar-refractivity contribution in [2.45, 2.75) is 26.7 Å². The second-order valence-corrected chi connectivity index (χ2v) is 5.36. The van der Waals surface area contributed by atoms with E-state index in [1.165, 1.54) is 32.5 Å². The van der Waals surface area contributed by atoms with Crippen LogP contribution in [0.5, 0.6) is 0 Å². The van der Waals surface area contributed by atoms with Gasteiger partial charge in [0.25, 0.3) is 0 Å². The topological polar surface area (TPSA) is 39.7 Å². The van der Waals surface area contributed by atoms with Crippen LogP contribution in [0.25, 0.3) is 0 Å². The van der Waals surface area contributed by atoms with Gasteiger partial charge in [-0.15, -0.1) is 24.0 Å². The molecule has 1 saturated heterocycles. The first-order valence-electron chi connectivity index (χ1n) is 6.76. The van der Waals surface area contributed by atoms with Crippen LogP contribution in [-0.2, 0) is 0 Å². The molecular formula is C13H29IN4. The second kappa shape index (κ2) is 9.83. The van der Waals surface area contributed by atoms with Gasteiger partial charge in [-0.2, -0.15) is 0 Å². The highest BCUT2D eigenvalue weighted by molar-refractivity contribution is 14.0. The van der Waals surface area contributed by atoms with Crippen LogP contribution in [0.4, 0.5) is 0 Å². The first-order chi connectivity index (χ1) is 8.15. The van der Waals surface area contributed by atoms with Crippen LogP contribution in [-0.4, -0.2) is 51.1 Å². The Labute approximate surface area is 129 Å². The van der Waals surface area contributed by atoms with Gasteiger partial charge in [-0.25, -0.2) is 0 Å². The molecule has 0 aliphatic carbocycles. The molecule has 1 heterocycles. The molecule has 1 fully saturated rings. The number of likely N-dealkylation sites (tertiary alicyclic amines) is 1. The number of guanidine groups is 1. The van der Waals surface area contributed by atoms with Gasteiger partial charge >= 0.3 is 0 Å². The minimum atomic E-state index is 0. The summed E-state index contributed by atoms with van der Waals surface area (Å²) in [5, 5.41) is 6.43. The maximum Gasteiger partial charge on any atom is 0.190 e. The van der Waals surface area contributed by atoms with Crippen LogP contribution < -0.4 is 10.6 Å². The number of piperidine rings is 1. The standard InChI is InChI=1S/C13H28N4.HI/c1-11(2)9-17-7-5-6-12(10-17)8-16-13(14-3)15-4;/h11-12H,5-10H2,1-4H3,(H2,14,15,16);1H. The molecule has 5 heteroatoms. The molecule has 0 radical (unpaired) electrons. The number of aliphatic imine (C=N–C) groups is 1. The Morgan fingerprint density at radius 2 is 2.17 bits per heavy atom. The van der Waals surface area contributed by atoms with Crippen LogP contribution in [0.2, 0.25) is 0 Å². The van der Waals surface area contributed by atoms with Crippen molar-refractivity contribution in [2.24, 2.45) is 16.8 Å². The minimum absolute atomic E-state index is 0. The fourth-order valence-corrected chi connectivity index (χ4v) is 2.52. The molecule has 0 aromatic rings. The highest BCUT2D eigenvalue weighted by atomic mass is 127. The molecule has 1 atom stereocenters. The molecule has 0 bridgehead atoms. The SMILES string of the molecule is CN=C(NC)NCC1CCCN(CC(C)C)C1.I. The van der Waals surface area contributed by atoms with Crippen molar-refractivity contribution in [2.75, 3.05) is 40.3 Å². The Hall–Kier alpha value is -0.0400. The average molecular weight is 368 g/mol. The number of halogens is 1. The van der Waals surface area contributed by atoms with E-state index in [0.717, 1.165) is 24.3 Å². The molecule has 0 aromatic heterocycles. The molecule has 0 amide bonds. The predicted molar refractivity (Wildman–Crippen MR) is 89.8 cm³/mol. The van der Waals surface area contributed by atoms with Gasteiger partial charge in [-0.1, -0.05) is 13.8 Å². The summed E-state index contributed by atoms with van der Waals surface area (Å²) in [5.41, 5.74) is 0. The summed E-state index contributed by atoms with van der Waals surface area (Å²) in [4.78, 5) is 6.74. The predicted octanol–water partition coefficient (Wildman–Crippen LogP) is 1.77. The van der Waals surface area contributed by atoms with E-state index in [0.29, 0.717) is 0 Å². The monoisotopic (exact) mass is 368 g/mol. The average Bonchev–Trinajstić information content (AvgIpc) is 2.30. The van der Waals surface area contributed by atoms with Crippen molar-refractivity contribution in [3.05, 3.63) is 0 Å². The van der Waals surface area contributed by atoms with Crippen LogP contribution in [0.1, 0.15) is 26.7 Å². The third kappa shape index (κ3) is 6.78. The quantitative estimate of drug-likeness (QED) is 0.451. The lowest BCUT2D eigenvalue weighted by atomic mass is 9.97. The Balaban J connectivity index is 0.00000289. The molecule has 18 heavy (non-hydrogen) atoms. The number of hydrogen-bond donors (Lipinski definition) is 2. The zero-order valence-electron chi connectivity index (χ0n) is 12.2. The minimum Gasteiger partial charge on any atom is -0.359 e. The molecule has 1 aliphatic heterocycles. The summed E-state index contributed by atoms with van der Waals surface area (Å²) in [5.74, 6) is 2.42. The fourth-order valence-electron chi connectivity index (χ4n) is 2.52. The summed E-state index contributed by atoms with van der Waals surface area (Å²) >= 11 is 0. The van der Waals surface area contributed by atoms with E-state index in [9.17, 15) is 0 Å². The van der Waals surface area contributed by atoms with Crippen molar-refractivity contribution in [3.63, 3.8) is 0 Å². The van der Waals surface area contributed by atoms with Gasteiger partial charge < -0.3 is 15.5 Å². The van der Waals surface area contributed by atoms with Crippen molar-refractivity contribution in [1.82, 2.24) is 15.5 Å². The van der Waals surface area contributed by atoms with Gasteiger partial charge in [-0.3, -0.25) is 4.99 Å². The molecule has 0 spiro atoms. The van der Waals surface area contributed by atoms with Crippen LogP contribution >= 0.6 is 24.0 Å². The van der Waals surface area contributed by atoms with E-state index in [2.05, 4.69) is 34.4 Å². The number of hydrogen-bond acceptors (Lipinski definition) is 2. The van der Waals surface area contributed by atoms with Gasteiger partial charge in [0.1, 0.15) is 0 Å².